The first-order chi connectivity index (χ1) is 12.8. The number of para-hydroxylation sites is 2. The molecule has 2 aromatic rings. The molecule has 0 bridgehead atoms. The zero-order valence-electron chi connectivity index (χ0n) is 15.1. The van der Waals surface area contributed by atoms with Gasteiger partial charge < -0.3 is 15.0 Å². The van der Waals surface area contributed by atoms with E-state index in [1.165, 1.54) is 25.9 Å². The number of rotatable bonds is 6. The van der Waals surface area contributed by atoms with E-state index >= 15 is 0 Å². The molecule has 0 saturated carbocycles. The molecule has 4 nitrogen and oxygen atoms in total. The van der Waals surface area contributed by atoms with Crippen LogP contribution in [0.5, 0.6) is 11.5 Å². The Kier molecular flexibility index (Phi) is 5.21. The van der Waals surface area contributed by atoms with Crippen molar-refractivity contribution in [2.24, 2.45) is 0 Å². The first kappa shape index (κ1) is 17.1. The highest BCUT2D eigenvalue weighted by molar-refractivity contribution is 5.89. The number of carbonyl (C=O) groups excluding carboxylic acids is 1. The highest BCUT2D eigenvalue weighted by Gasteiger charge is 2.32. The lowest BCUT2D eigenvalue weighted by Gasteiger charge is -2.27. The van der Waals surface area contributed by atoms with Gasteiger partial charge >= 0.3 is 0 Å². The Labute approximate surface area is 155 Å². The van der Waals surface area contributed by atoms with Crippen LogP contribution in [0.3, 0.4) is 0 Å². The molecule has 0 aromatic heterocycles. The SMILES string of the molecule is O=C(NCCCCN1CCCC1)C1c2ccccc2Oc2ccccc21. The van der Waals surface area contributed by atoms with Crippen LogP contribution in [-0.2, 0) is 4.79 Å². The molecule has 0 aliphatic carbocycles. The van der Waals surface area contributed by atoms with E-state index in [0.717, 1.165) is 48.6 Å². The van der Waals surface area contributed by atoms with Gasteiger partial charge in [0.15, 0.2) is 0 Å². The minimum atomic E-state index is -0.297. The van der Waals surface area contributed by atoms with Crippen molar-refractivity contribution in [3.8, 4) is 11.5 Å². The van der Waals surface area contributed by atoms with Gasteiger partial charge in [0.25, 0.3) is 0 Å². The van der Waals surface area contributed by atoms with E-state index < -0.39 is 0 Å². The smallest absolute Gasteiger partial charge is 0.232 e. The number of benzene rings is 2. The topological polar surface area (TPSA) is 41.6 Å². The van der Waals surface area contributed by atoms with Crippen molar-refractivity contribution in [2.75, 3.05) is 26.2 Å². The van der Waals surface area contributed by atoms with Gasteiger partial charge in [0.05, 0.1) is 5.92 Å². The first-order valence-corrected chi connectivity index (χ1v) is 9.69. The number of carbonyl (C=O) groups is 1. The number of nitrogens with one attached hydrogen (secondary N) is 1. The fraction of sp³-hybridized carbons (Fsp3) is 0.409. The Morgan fingerprint density at radius 1 is 0.962 bits per heavy atom. The van der Waals surface area contributed by atoms with Gasteiger partial charge in [0, 0.05) is 17.7 Å². The average molecular weight is 350 g/mol. The molecule has 1 saturated heterocycles. The molecule has 0 radical (unpaired) electrons. The maximum Gasteiger partial charge on any atom is 0.232 e. The maximum atomic E-state index is 13.0. The quantitative estimate of drug-likeness (QED) is 0.803. The fourth-order valence-corrected chi connectivity index (χ4v) is 3.97. The number of nitrogens with zero attached hydrogens (tertiary/aromatic N) is 1. The monoisotopic (exact) mass is 350 g/mol. The Balaban J connectivity index is 1.39. The van der Waals surface area contributed by atoms with Crippen molar-refractivity contribution >= 4 is 5.91 Å². The third-order valence-electron chi connectivity index (χ3n) is 5.34. The summed E-state index contributed by atoms with van der Waals surface area (Å²) in [5.74, 6) is 1.32. The van der Waals surface area contributed by atoms with Crippen LogP contribution >= 0.6 is 0 Å². The standard InChI is InChI=1S/C22H26N2O2/c25-22(23-13-5-6-14-24-15-7-8-16-24)21-17-9-1-3-11-19(17)26-20-12-4-2-10-18(20)21/h1-4,9-12,21H,5-8,13-16H2,(H,23,25). The van der Waals surface area contributed by atoms with E-state index in [0.29, 0.717) is 0 Å². The van der Waals surface area contributed by atoms with Crippen molar-refractivity contribution in [1.82, 2.24) is 10.2 Å². The summed E-state index contributed by atoms with van der Waals surface area (Å²) in [5, 5.41) is 3.15. The number of likely N-dealkylation sites (tertiary alicyclic amines) is 1. The van der Waals surface area contributed by atoms with Gasteiger partial charge in [-0.25, -0.2) is 0 Å². The number of amides is 1. The molecule has 1 N–H and O–H groups in total. The lowest BCUT2D eigenvalue weighted by atomic mass is 9.87. The van der Waals surface area contributed by atoms with Crippen molar-refractivity contribution in [3.05, 3.63) is 59.7 Å². The summed E-state index contributed by atoms with van der Waals surface area (Å²) in [5.41, 5.74) is 1.89. The van der Waals surface area contributed by atoms with E-state index in [1.54, 1.807) is 0 Å². The molecule has 1 fully saturated rings. The maximum absolute atomic E-state index is 13.0. The Morgan fingerprint density at radius 2 is 1.58 bits per heavy atom. The molecule has 2 aromatic carbocycles. The van der Waals surface area contributed by atoms with Crippen LogP contribution in [-0.4, -0.2) is 37.0 Å². The van der Waals surface area contributed by atoms with Crippen molar-refractivity contribution < 1.29 is 9.53 Å². The number of fused-ring (bicyclic) bond motifs is 2. The highest BCUT2D eigenvalue weighted by atomic mass is 16.5. The molecule has 1 amide bonds. The third kappa shape index (κ3) is 3.61. The van der Waals surface area contributed by atoms with E-state index in [1.807, 2.05) is 48.5 Å². The number of hydrogen-bond acceptors (Lipinski definition) is 3. The van der Waals surface area contributed by atoms with E-state index in [-0.39, 0.29) is 11.8 Å². The van der Waals surface area contributed by atoms with E-state index in [9.17, 15) is 4.79 Å². The Hall–Kier alpha value is -2.33. The van der Waals surface area contributed by atoms with Crippen molar-refractivity contribution in [2.45, 2.75) is 31.6 Å². The zero-order chi connectivity index (χ0) is 17.8. The summed E-state index contributed by atoms with van der Waals surface area (Å²) in [4.78, 5) is 15.5. The first-order valence-electron chi connectivity index (χ1n) is 9.69. The van der Waals surface area contributed by atoms with Crippen LogP contribution < -0.4 is 10.1 Å². The van der Waals surface area contributed by atoms with Crippen LogP contribution in [0, 0.1) is 0 Å². The van der Waals surface area contributed by atoms with E-state index in [4.69, 9.17) is 4.74 Å². The average Bonchev–Trinajstić information content (AvgIpc) is 3.19. The molecular weight excluding hydrogens is 324 g/mol. The molecule has 0 unspecified atom stereocenters. The molecule has 26 heavy (non-hydrogen) atoms. The molecule has 4 heteroatoms. The number of hydrogen-bond donors (Lipinski definition) is 1. The van der Waals surface area contributed by atoms with Crippen LogP contribution in [0.1, 0.15) is 42.7 Å². The summed E-state index contributed by atoms with van der Waals surface area (Å²) in [7, 11) is 0. The summed E-state index contributed by atoms with van der Waals surface area (Å²) < 4.78 is 5.97. The van der Waals surface area contributed by atoms with Gasteiger partial charge in [-0.05, 0) is 57.5 Å². The van der Waals surface area contributed by atoms with Gasteiger partial charge in [-0.2, -0.15) is 0 Å². The van der Waals surface area contributed by atoms with Crippen molar-refractivity contribution in [1.29, 1.82) is 0 Å². The molecule has 136 valence electrons. The predicted octanol–water partition coefficient (Wildman–Crippen LogP) is 3.92. The van der Waals surface area contributed by atoms with Crippen LogP contribution in [0.4, 0.5) is 0 Å². The second-order valence-corrected chi connectivity index (χ2v) is 7.16. The molecule has 0 atom stereocenters. The number of ether oxygens (including phenoxy) is 1. The van der Waals surface area contributed by atoms with Gasteiger partial charge in [-0.15, -0.1) is 0 Å². The van der Waals surface area contributed by atoms with Crippen molar-refractivity contribution in [3.63, 3.8) is 0 Å². The molecule has 2 aliphatic rings. The molecule has 0 spiro atoms. The summed E-state index contributed by atoms with van der Waals surface area (Å²) in [6.07, 6.45) is 4.83. The largest absolute Gasteiger partial charge is 0.457 e. The Morgan fingerprint density at radius 3 is 2.23 bits per heavy atom. The summed E-state index contributed by atoms with van der Waals surface area (Å²) in [6, 6.07) is 15.7. The van der Waals surface area contributed by atoms with Crippen LogP contribution in [0.2, 0.25) is 0 Å². The normalized spacial score (nSPS) is 16.6. The van der Waals surface area contributed by atoms with E-state index in [2.05, 4.69) is 10.2 Å². The number of unbranched alkanes of at least 4 members (excludes halogenated alkanes) is 1. The zero-order valence-corrected chi connectivity index (χ0v) is 15.1. The van der Waals surface area contributed by atoms with Gasteiger partial charge in [-0.1, -0.05) is 36.4 Å². The third-order valence-corrected chi connectivity index (χ3v) is 5.34. The van der Waals surface area contributed by atoms with Crippen LogP contribution in [0.15, 0.2) is 48.5 Å². The summed E-state index contributed by atoms with van der Waals surface area (Å²) >= 11 is 0. The minimum absolute atomic E-state index is 0.0642. The van der Waals surface area contributed by atoms with Gasteiger partial charge in [-0.3, -0.25) is 4.79 Å². The lowest BCUT2D eigenvalue weighted by Crippen LogP contribution is -2.32. The lowest BCUT2D eigenvalue weighted by molar-refractivity contribution is -0.121. The second kappa shape index (κ2) is 7.92. The molecule has 2 heterocycles. The molecule has 4 rings (SSSR count). The van der Waals surface area contributed by atoms with Gasteiger partial charge in [0.2, 0.25) is 5.91 Å². The van der Waals surface area contributed by atoms with Gasteiger partial charge in [0.1, 0.15) is 11.5 Å². The highest BCUT2D eigenvalue weighted by Crippen LogP contribution is 2.43. The molecular formula is C22H26N2O2. The second-order valence-electron chi connectivity index (χ2n) is 7.16. The molecule has 2 aliphatic heterocycles. The summed E-state index contributed by atoms with van der Waals surface area (Å²) in [6.45, 7) is 4.36. The Bertz CT molecular complexity index is 723. The fourth-order valence-electron chi connectivity index (χ4n) is 3.97. The minimum Gasteiger partial charge on any atom is -0.457 e. The van der Waals surface area contributed by atoms with Crippen LogP contribution in [0.25, 0.3) is 0 Å². The predicted molar refractivity (Wildman–Crippen MR) is 103 cm³/mol.